The van der Waals surface area contributed by atoms with Crippen molar-refractivity contribution in [3.63, 3.8) is 0 Å². The van der Waals surface area contributed by atoms with E-state index in [0.717, 1.165) is 37.5 Å². The van der Waals surface area contributed by atoms with E-state index >= 15 is 0 Å². The third kappa shape index (κ3) is 3.33. The summed E-state index contributed by atoms with van der Waals surface area (Å²) < 4.78 is 5.49. The molecule has 0 N–H and O–H groups in total. The molecular formula is C13H17ClOS. The standard InChI is InChI=1S/C13H17ClOS/c14-6-1-8-16-9-5-11-2-3-13-12(10-11)4-7-15-13/h2-3,10H,1,4-9H2. The predicted octanol–water partition coefficient (Wildman–Crippen LogP) is 3.53. The Morgan fingerprint density at radius 2 is 2.25 bits per heavy atom. The van der Waals surface area contributed by atoms with Crippen LogP contribution < -0.4 is 4.74 Å². The highest BCUT2D eigenvalue weighted by atomic mass is 35.5. The first-order chi connectivity index (χ1) is 7.90. The Balaban J connectivity index is 1.77. The summed E-state index contributed by atoms with van der Waals surface area (Å²) >= 11 is 7.62. The fourth-order valence-corrected chi connectivity index (χ4v) is 3.07. The minimum absolute atomic E-state index is 0.781. The number of ether oxygens (including phenoxy) is 1. The molecule has 0 fully saturated rings. The summed E-state index contributed by atoms with van der Waals surface area (Å²) in [5, 5.41) is 0. The first-order valence-corrected chi connectivity index (χ1v) is 7.47. The molecule has 0 atom stereocenters. The normalized spacial score (nSPS) is 13.6. The van der Waals surface area contributed by atoms with Crippen molar-refractivity contribution in [3.05, 3.63) is 29.3 Å². The van der Waals surface area contributed by atoms with Gasteiger partial charge in [-0.05, 0) is 41.5 Å². The van der Waals surface area contributed by atoms with Crippen LogP contribution in [0, 0.1) is 0 Å². The van der Waals surface area contributed by atoms with Crippen molar-refractivity contribution < 1.29 is 4.74 Å². The topological polar surface area (TPSA) is 9.23 Å². The third-order valence-corrected chi connectivity index (χ3v) is 4.05. The molecule has 0 aliphatic carbocycles. The van der Waals surface area contributed by atoms with Gasteiger partial charge in [0, 0.05) is 12.3 Å². The maximum Gasteiger partial charge on any atom is 0.122 e. The largest absolute Gasteiger partial charge is 0.493 e. The zero-order chi connectivity index (χ0) is 11.2. The second-order valence-corrected chi connectivity index (χ2v) is 5.55. The molecule has 16 heavy (non-hydrogen) atoms. The second kappa shape index (κ2) is 6.41. The van der Waals surface area contributed by atoms with Gasteiger partial charge in [-0.3, -0.25) is 0 Å². The Kier molecular flexibility index (Phi) is 4.86. The monoisotopic (exact) mass is 256 g/mol. The molecule has 0 amide bonds. The van der Waals surface area contributed by atoms with Crippen LogP contribution in [-0.4, -0.2) is 24.0 Å². The molecule has 0 aromatic heterocycles. The Hall–Kier alpha value is -0.340. The SMILES string of the molecule is ClCCCSCCc1ccc2c(c1)CCO2. The summed E-state index contributed by atoms with van der Waals surface area (Å²) in [5.74, 6) is 4.23. The van der Waals surface area contributed by atoms with Crippen LogP contribution in [0.5, 0.6) is 5.75 Å². The molecular weight excluding hydrogens is 240 g/mol. The number of thioether (sulfide) groups is 1. The molecule has 0 spiro atoms. The summed E-state index contributed by atoms with van der Waals surface area (Å²) in [7, 11) is 0. The first kappa shape index (κ1) is 12.1. The Labute approximate surface area is 107 Å². The van der Waals surface area contributed by atoms with Crippen LogP contribution in [0.15, 0.2) is 18.2 Å². The van der Waals surface area contributed by atoms with E-state index in [1.807, 2.05) is 11.8 Å². The van der Waals surface area contributed by atoms with Crippen LogP contribution in [0.4, 0.5) is 0 Å². The van der Waals surface area contributed by atoms with E-state index in [4.69, 9.17) is 16.3 Å². The minimum atomic E-state index is 0.781. The van der Waals surface area contributed by atoms with E-state index in [1.54, 1.807) is 0 Å². The van der Waals surface area contributed by atoms with E-state index in [0.29, 0.717) is 0 Å². The number of benzene rings is 1. The highest BCUT2D eigenvalue weighted by molar-refractivity contribution is 7.99. The molecule has 1 aliphatic rings. The lowest BCUT2D eigenvalue weighted by Crippen LogP contribution is -1.91. The van der Waals surface area contributed by atoms with Gasteiger partial charge in [0.15, 0.2) is 0 Å². The number of hydrogen-bond acceptors (Lipinski definition) is 2. The van der Waals surface area contributed by atoms with Crippen molar-refractivity contribution >= 4 is 23.4 Å². The molecule has 0 saturated carbocycles. The van der Waals surface area contributed by atoms with E-state index in [2.05, 4.69) is 18.2 Å². The zero-order valence-corrected chi connectivity index (χ0v) is 10.9. The fourth-order valence-electron chi connectivity index (χ4n) is 1.84. The summed E-state index contributed by atoms with van der Waals surface area (Å²) in [5.41, 5.74) is 2.81. The summed E-state index contributed by atoms with van der Waals surface area (Å²) in [6, 6.07) is 6.60. The van der Waals surface area contributed by atoms with Crippen molar-refractivity contribution in [2.24, 2.45) is 0 Å². The lowest BCUT2D eigenvalue weighted by Gasteiger charge is -2.04. The van der Waals surface area contributed by atoms with Gasteiger partial charge in [0.05, 0.1) is 6.61 Å². The Bertz CT molecular complexity index is 341. The highest BCUT2D eigenvalue weighted by Crippen LogP contribution is 2.26. The minimum Gasteiger partial charge on any atom is -0.493 e. The van der Waals surface area contributed by atoms with Crippen molar-refractivity contribution in [3.8, 4) is 5.75 Å². The Morgan fingerprint density at radius 3 is 3.12 bits per heavy atom. The van der Waals surface area contributed by atoms with Gasteiger partial charge in [0.2, 0.25) is 0 Å². The third-order valence-electron chi connectivity index (χ3n) is 2.71. The van der Waals surface area contributed by atoms with Crippen molar-refractivity contribution in [2.45, 2.75) is 19.3 Å². The maximum atomic E-state index is 5.63. The lowest BCUT2D eigenvalue weighted by molar-refractivity contribution is 0.357. The van der Waals surface area contributed by atoms with E-state index in [9.17, 15) is 0 Å². The number of halogens is 1. The molecule has 1 nitrogen and oxygen atoms in total. The van der Waals surface area contributed by atoms with Crippen molar-refractivity contribution in [2.75, 3.05) is 24.0 Å². The molecule has 0 radical (unpaired) electrons. The van der Waals surface area contributed by atoms with Gasteiger partial charge >= 0.3 is 0 Å². The number of rotatable bonds is 6. The van der Waals surface area contributed by atoms with Crippen LogP contribution in [0.3, 0.4) is 0 Å². The molecule has 3 heteroatoms. The molecule has 1 aromatic carbocycles. The summed E-state index contributed by atoms with van der Waals surface area (Å²) in [6.07, 6.45) is 3.34. The molecule has 0 bridgehead atoms. The smallest absolute Gasteiger partial charge is 0.122 e. The van der Waals surface area contributed by atoms with Gasteiger partial charge < -0.3 is 4.74 Å². The molecule has 0 saturated heterocycles. The number of fused-ring (bicyclic) bond motifs is 1. The predicted molar refractivity (Wildman–Crippen MR) is 72.0 cm³/mol. The number of alkyl halides is 1. The van der Waals surface area contributed by atoms with Crippen molar-refractivity contribution in [1.29, 1.82) is 0 Å². The molecule has 2 rings (SSSR count). The number of aryl methyl sites for hydroxylation is 1. The second-order valence-electron chi connectivity index (χ2n) is 3.95. The van der Waals surface area contributed by atoms with Gasteiger partial charge in [0.1, 0.15) is 5.75 Å². The van der Waals surface area contributed by atoms with Crippen LogP contribution in [0.25, 0.3) is 0 Å². The number of hydrogen-bond donors (Lipinski definition) is 0. The maximum absolute atomic E-state index is 5.63. The zero-order valence-electron chi connectivity index (χ0n) is 9.38. The van der Waals surface area contributed by atoms with Crippen LogP contribution in [-0.2, 0) is 12.8 Å². The highest BCUT2D eigenvalue weighted by Gasteiger charge is 2.11. The van der Waals surface area contributed by atoms with Gasteiger partial charge in [-0.15, -0.1) is 11.6 Å². The molecule has 88 valence electrons. The molecule has 0 unspecified atom stereocenters. The van der Waals surface area contributed by atoms with E-state index < -0.39 is 0 Å². The lowest BCUT2D eigenvalue weighted by atomic mass is 10.1. The van der Waals surface area contributed by atoms with Crippen LogP contribution in [0.2, 0.25) is 0 Å². The average molecular weight is 257 g/mol. The van der Waals surface area contributed by atoms with Crippen LogP contribution in [0.1, 0.15) is 17.5 Å². The quantitative estimate of drug-likeness (QED) is 0.569. The molecule has 1 aliphatic heterocycles. The fraction of sp³-hybridized carbons (Fsp3) is 0.538. The van der Waals surface area contributed by atoms with Gasteiger partial charge in [-0.25, -0.2) is 0 Å². The first-order valence-electron chi connectivity index (χ1n) is 5.78. The van der Waals surface area contributed by atoms with E-state index in [1.165, 1.54) is 22.6 Å². The molecule has 1 heterocycles. The summed E-state index contributed by atoms with van der Waals surface area (Å²) in [6.45, 7) is 0.850. The van der Waals surface area contributed by atoms with Gasteiger partial charge in [-0.2, -0.15) is 11.8 Å². The van der Waals surface area contributed by atoms with E-state index in [-0.39, 0.29) is 0 Å². The molecule has 1 aromatic rings. The van der Waals surface area contributed by atoms with Gasteiger partial charge in [0.25, 0.3) is 0 Å². The average Bonchev–Trinajstić information content (AvgIpc) is 2.76. The van der Waals surface area contributed by atoms with Crippen molar-refractivity contribution in [1.82, 2.24) is 0 Å². The van der Waals surface area contributed by atoms with Gasteiger partial charge in [-0.1, -0.05) is 12.1 Å². The Morgan fingerprint density at radius 1 is 1.31 bits per heavy atom. The summed E-state index contributed by atoms with van der Waals surface area (Å²) in [4.78, 5) is 0. The van der Waals surface area contributed by atoms with Crippen LogP contribution >= 0.6 is 23.4 Å².